The van der Waals surface area contributed by atoms with E-state index in [-0.39, 0.29) is 5.56 Å². The first kappa shape index (κ1) is 16.5. The Morgan fingerprint density at radius 3 is 2.81 bits per heavy atom. The summed E-state index contributed by atoms with van der Waals surface area (Å²) in [6.07, 6.45) is 0.947. The third-order valence-electron chi connectivity index (χ3n) is 4.98. The summed E-state index contributed by atoms with van der Waals surface area (Å²) in [6.45, 7) is 1.59. The molecule has 0 radical (unpaired) electrons. The number of aromatic amines is 1. The summed E-state index contributed by atoms with van der Waals surface area (Å²) in [4.78, 5) is 22.6. The van der Waals surface area contributed by atoms with Crippen molar-refractivity contribution in [3.05, 3.63) is 80.4 Å². The smallest absolute Gasteiger partial charge is 0.270 e. The number of benzene rings is 2. The Hall–Kier alpha value is -2.63. The Morgan fingerprint density at radius 1 is 1.11 bits per heavy atom. The Balaban J connectivity index is 1.61. The van der Waals surface area contributed by atoms with Gasteiger partial charge in [-0.2, -0.15) is 0 Å². The molecule has 0 unspecified atom stereocenters. The van der Waals surface area contributed by atoms with Crippen LogP contribution >= 0.6 is 22.9 Å². The zero-order valence-corrected chi connectivity index (χ0v) is 16.0. The number of fused-ring (bicyclic) bond motifs is 2. The lowest BCUT2D eigenvalue weighted by Gasteiger charge is -2.29. The molecule has 0 bridgehead atoms. The maximum absolute atomic E-state index is 12.7. The van der Waals surface area contributed by atoms with Crippen molar-refractivity contribution in [3.8, 4) is 11.1 Å². The van der Waals surface area contributed by atoms with Crippen molar-refractivity contribution in [2.45, 2.75) is 13.0 Å². The normalized spacial score (nSPS) is 13.7. The van der Waals surface area contributed by atoms with Gasteiger partial charge < -0.3 is 4.90 Å². The molecule has 0 saturated carbocycles. The van der Waals surface area contributed by atoms with E-state index in [2.05, 4.69) is 34.1 Å². The number of nitrogens with one attached hydrogen (secondary N) is 1. The second kappa shape index (κ2) is 6.51. The molecule has 4 nitrogen and oxygen atoms in total. The lowest BCUT2D eigenvalue weighted by molar-refractivity contribution is 0.708. The molecule has 134 valence electrons. The molecule has 0 fully saturated rings. The van der Waals surface area contributed by atoms with Crippen molar-refractivity contribution in [3.63, 3.8) is 0 Å². The standard InChI is InChI=1S/C21H16ClN3OS/c22-16-7-3-6-14(10-16)17-12-27-19-18(17)23-21(24-20(19)26)25-9-8-13-4-1-2-5-15(13)11-25/h1-7,10,12H,8-9,11H2,(H,23,24,26). The summed E-state index contributed by atoms with van der Waals surface area (Å²) in [5.74, 6) is 0.628. The highest BCUT2D eigenvalue weighted by Crippen LogP contribution is 2.33. The van der Waals surface area contributed by atoms with E-state index in [0.29, 0.717) is 15.7 Å². The maximum Gasteiger partial charge on any atom is 0.270 e. The quantitative estimate of drug-likeness (QED) is 0.528. The molecule has 0 amide bonds. The first-order valence-corrected chi connectivity index (χ1v) is 10.0. The molecule has 2 aromatic heterocycles. The lowest BCUT2D eigenvalue weighted by Crippen LogP contribution is -2.33. The summed E-state index contributed by atoms with van der Waals surface area (Å²) in [5.41, 5.74) is 5.22. The Bertz CT molecular complexity index is 1210. The first-order valence-electron chi connectivity index (χ1n) is 8.78. The SMILES string of the molecule is O=c1[nH]c(N2CCc3ccccc3C2)nc2c(-c3cccc(Cl)c3)csc12. The summed E-state index contributed by atoms with van der Waals surface area (Å²) in [5, 5.41) is 2.65. The number of aromatic nitrogens is 2. The van der Waals surface area contributed by atoms with E-state index >= 15 is 0 Å². The van der Waals surface area contributed by atoms with Crippen LogP contribution in [0.5, 0.6) is 0 Å². The van der Waals surface area contributed by atoms with Crippen LogP contribution < -0.4 is 10.5 Å². The fourth-order valence-electron chi connectivity index (χ4n) is 3.60. The van der Waals surface area contributed by atoms with Crippen LogP contribution in [0.1, 0.15) is 11.1 Å². The highest BCUT2D eigenvalue weighted by Gasteiger charge is 2.20. The Kier molecular flexibility index (Phi) is 3.99. The van der Waals surface area contributed by atoms with Gasteiger partial charge in [-0.1, -0.05) is 48.0 Å². The predicted octanol–water partition coefficient (Wildman–Crippen LogP) is 4.87. The molecule has 5 rings (SSSR count). The number of nitrogens with zero attached hydrogens (tertiary/aromatic N) is 2. The van der Waals surface area contributed by atoms with Crippen LogP contribution in [-0.2, 0) is 13.0 Å². The van der Waals surface area contributed by atoms with Crippen LogP contribution in [0.2, 0.25) is 5.02 Å². The molecule has 2 aromatic carbocycles. The highest BCUT2D eigenvalue weighted by molar-refractivity contribution is 7.17. The molecule has 3 heterocycles. The van der Waals surface area contributed by atoms with Gasteiger partial charge in [0, 0.05) is 29.1 Å². The molecule has 1 aliphatic rings. The van der Waals surface area contributed by atoms with Crippen molar-refractivity contribution in [2.24, 2.45) is 0 Å². The van der Waals surface area contributed by atoms with Crippen LogP contribution in [0.15, 0.2) is 58.7 Å². The monoisotopic (exact) mass is 393 g/mol. The minimum atomic E-state index is -0.0906. The van der Waals surface area contributed by atoms with Gasteiger partial charge in [0.15, 0.2) is 0 Å². The van der Waals surface area contributed by atoms with Crippen molar-refractivity contribution in [1.29, 1.82) is 0 Å². The molecular formula is C21H16ClN3OS. The van der Waals surface area contributed by atoms with Gasteiger partial charge in [-0.15, -0.1) is 11.3 Å². The van der Waals surface area contributed by atoms with Gasteiger partial charge in [-0.3, -0.25) is 9.78 Å². The average Bonchev–Trinajstić information content (AvgIpc) is 3.12. The fraction of sp³-hybridized carbons (Fsp3) is 0.143. The van der Waals surface area contributed by atoms with Gasteiger partial charge >= 0.3 is 0 Å². The second-order valence-corrected chi connectivity index (χ2v) is 7.98. The molecule has 0 atom stereocenters. The third kappa shape index (κ3) is 2.93. The van der Waals surface area contributed by atoms with E-state index in [9.17, 15) is 4.79 Å². The largest absolute Gasteiger partial charge is 0.338 e. The lowest BCUT2D eigenvalue weighted by atomic mass is 10.0. The third-order valence-corrected chi connectivity index (χ3v) is 6.18. The fourth-order valence-corrected chi connectivity index (χ4v) is 4.70. The zero-order chi connectivity index (χ0) is 18.4. The summed E-state index contributed by atoms with van der Waals surface area (Å²) < 4.78 is 0.645. The minimum Gasteiger partial charge on any atom is -0.338 e. The van der Waals surface area contributed by atoms with Gasteiger partial charge in [-0.05, 0) is 35.2 Å². The molecule has 6 heteroatoms. The van der Waals surface area contributed by atoms with E-state index in [4.69, 9.17) is 16.6 Å². The summed E-state index contributed by atoms with van der Waals surface area (Å²) >= 11 is 7.57. The minimum absolute atomic E-state index is 0.0906. The number of anilines is 1. The van der Waals surface area contributed by atoms with E-state index in [1.165, 1.54) is 22.5 Å². The van der Waals surface area contributed by atoms with Crippen LogP contribution in [0.3, 0.4) is 0 Å². The van der Waals surface area contributed by atoms with Crippen molar-refractivity contribution in [2.75, 3.05) is 11.4 Å². The van der Waals surface area contributed by atoms with Gasteiger partial charge in [0.05, 0.1) is 5.52 Å². The van der Waals surface area contributed by atoms with Crippen LogP contribution in [0.4, 0.5) is 5.95 Å². The van der Waals surface area contributed by atoms with E-state index in [1.807, 2.05) is 29.6 Å². The van der Waals surface area contributed by atoms with Crippen molar-refractivity contribution >= 4 is 39.1 Å². The van der Waals surface area contributed by atoms with Gasteiger partial charge in [0.2, 0.25) is 5.95 Å². The van der Waals surface area contributed by atoms with Gasteiger partial charge in [0.25, 0.3) is 5.56 Å². The summed E-state index contributed by atoms with van der Waals surface area (Å²) in [7, 11) is 0. The first-order chi connectivity index (χ1) is 13.2. The highest BCUT2D eigenvalue weighted by atomic mass is 35.5. The van der Waals surface area contributed by atoms with Crippen LogP contribution in [0, 0.1) is 0 Å². The Morgan fingerprint density at radius 2 is 1.96 bits per heavy atom. The number of rotatable bonds is 2. The topological polar surface area (TPSA) is 49.0 Å². The van der Waals surface area contributed by atoms with Crippen LogP contribution in [-0.4, -0.2) is 16.5 Å². The molecule has 1 N–H and O–H groups in total. The number of hydrogen-bond donors (Lipinski definition) is 1. The predicted molar refractivity (Wildman–Crippen MR) is 112 cm³/mol. The number of hydrogen-bond acceptors (Lipinski definition) is 4. The van der Waals surface area contributed by atoms with E-state index < -0.39 is 0 Å². The molecule has 0 spiro atoms. The van der Waals surface area contributed by atoms with Crippen LogP contribution in [0.25, 0.3) is 21.3 Å². The van der Waals surface area contributed by atoms with Crippen molar-refractivity contribution in [1.82, 2.24) is 9.97 Å². The molecule has 1 aliphatic heterocycles. The molecule has 0 aliphatic carbocycles. The summed E-state index contributed by atoms with van der Waals surface area (Å²) in [6, 6.07) is 16.1. The number of halogens is 1. The number of H-pyrrole nitrogens is 1. The molecule has 0 saturated heterocycles. The zero-order valence-electron chi connectivity index (χ0n) is 14.4. The average molecular weight is 394 g/mol. The second-order valence-electron chi connectivity index (χ2n) is 6.67. The van der Waals surface area contributed by atoms with Gasteiger partial charge in [0.1, 0.15) is 4.70 Å². The van der Waals surface area contributed by atoms with Crippen molar-refractivity contribution < 1.29 is 0 Å². The van der Waals surface area contributed by atoms with E-state index in [0.717, 1.165) is 36.2 Å². The maximum atomic E-state index is 12.7. The van der Waals surface area contributed by atoms with E-state index in [1.54, 1.807) is 0 Å². The molecule has 27 heavy (non-hydrogen) atoms. The molecular weight excluding hydrogens is 378 g/mol. The van der Waals surface area contributed by atoms with Gasteiger partial charge in [-0.25, -0.2) is 4.98 Å². The number of thiophene rings is 1. The Labute approximate surface area is 165 Å². The molecule has 4 aromatic rings.